The predicted octanol–water partition coefficient (Wildman–Crippen LogP) is 1.03. The molecule has 2 heterocycles. The fourth-order valence-corrected chi connectivity index (χ4v) is 2.27. The van der Waals surface area contributed by atoms with Gasteiger partial charge in [0.05, 0.1) is 37.4 Å². The highest BCUT2D eigenvalue weighted by atomic mass is 16.5. The summed E-state index contributed by atoms with van der Waals surface area (Å²) in [5.74, 6) is -0.943. The minimum atomic E-state index is -0.943. The van der Waals surface area contributed by atoms with E-state index in [1.165, 1.54) is 4.90 Å². The van der Waals surface area contributed by atoms with Crippen molar-refractivity contribution in [2.45, 2.75) is 25.4 Å². The number of carboxylic acids is 1. The molecule has 0 spiro atoms. The average molecular weight is 293 g/mol. The first-order valence-electron chi connectivity index (χ1n) is 6.85. The van der Waals surface area contributed by atoms with Crippen molar-refractivity contribution in [2.75, 3.05) is 19.8 Å². The number of nitrogens with one attached hydrogen (secondary N) is 1. The van der Waals surface area contributed by atoms with E-state index < -0.39 is 12.0 Å². The zero-order valence-electron chi connectivity index (χ0n) is 11.9. The van der Waals surface area contributed by atoms with Gasteiger partial charge in [-0.25, -0.2) is 4.79 Å². The molecular weight excluding hydrogens is 274 g/mol. The Morgan fingerprint density at radius 2 is 2.38 bits per heavy atom. The highest BCUT2D eigenvalue weighted by molar-refractivity contribution is 5.76. The summed E-state index contributed by atoms with van der Waals surface area (Å²) in [5, 5.41) is 11.7. The van der Waals surface area contributed by atoms with Gasteiger partial charge in [-0.05, 0) is 19.1 Å². The van der Waals surface area contributed by atoms with Crippen LogP contribution in [0.25, 0.3) is 0 Å². The number of carboxylic acid groups (broad SMARTS) is 1. The van der Waals surface area contributed by atoms with Gasteiger partial charge in [0.1, 0.15) is 0 Å². The Morgan fingerprint density at radius 3 is 3.05 bits per heavy atom. The van der Waals surface area contributed by atoms with Gasteiger partial charge >= 0.3 is 12.0 Å². The Hall–Kier alpha value is -2.15. The molecule has 1 aliphatic heterocycles. The number of aromatic nitrogens is 1. The van der Waals surface area contributed by atoms with E-state index in [0.29, 0.717) is 13.2 Å². The lowest BCUT2D eigenvalue weighted by molar-refractivity contribution is -0.139. The third-order valence-corrected chi connectivity index (χ3v) is 3.37. The van der Waals surface area contributed by atoms with E-state index in [4.69, 9.17) is 9.84 Å². The normalized spacial score (nSPS) is 19.9. The minimum Gasteiger partial charge on any atom is -0.481 e. The smallest absolute Gasteiger partial charge is 0.318 e. The first-order valence-corrected chi connectivity index (χ1v) is 6.85. The van der Waals surface area contributed by atoms with Crippen molar-refractivity contribution in [3.8, 4) is 0 Å². The molecule has 2 rings (SSSR count). The van der Waals surface area contributed by atoms with E-state index in [1.54, 1.807) is 6.20 Å². The summed E-state index contributed by atoms with van der Waals surface area (Å²) in [6.07, 6.45) is 1.55. The molecule has 0 aromatic carbocycles. The number of nitrogens with zero attached hydrogens (tertiary/aromatic N) is 2. The maximum atomic E-state index is 12.3. The number of pyridine rings is 1. The number of hydrogen-bond donors (Lipinski definition) is 2. The highest BCUT2D eigenvalue weighted by Crippen LogP contribution is 2.14. The topological polar surface area (TPSA) is 91.8 Å². The summed E-state index contributed by atoms with van der Waals surface area (Å²) in [7, 11) is 0. The van der Waals surface area contributed by atoms with Gasteiger partial charge in [-0.1, -0.05) is 6.07 Å². The molecule has 1 aromatic heterocycles. The molecule has 1 aliphatic rings. The van der Waals surface area contributed by atoms with Gasteiger partial charge in [0.2, 0.25) is 0 Å². The van der Waals surface area contributed by atoms with Crippen LogP contribution in [-0.2, 0) is 9.53 Å². The summed E-state index contributed by atoms with van der Waals surface area (Å²) in [5.41, 5.74) is 0.758. The largest absolute Gasteiger partial charge is 0.481 e. The maximum absolute atomic E-state index is 12.3. The molecule has 2 atom stereocenters. The summed E-state index contributed by atoms with van der Waals surface area (Å²) >= 11 is 0. The van der Waals surface area contributed by atoms with Gasteiger partial charge in [-0.15, -0.1) is 0 Å². The van der Waals surface area contributed by atoms with Crippen LogP contribution in [0, 0.1) is 0 Å². The van der Waals surface area contributed by atoms with Crippen molar-refractivity contribution in [1.82, 2.24) is 15.2 Å². The first-order chi connectivity index (χ1) is 10.1. The van der Waals surface area contributed by atoms with Crippen molar-refractivity contribution in [3.05, 3.63) is 30.1 Å². The zero-order valence-corrected chi connectivity index (χ0v) is 11.9. The van der Waals surface area contributed by atoms with Crippen LogP contribution in [0.1, 0.15) is 25.1 Å². The van der Waals surface area contributed by atoms with E-state index >= 15 is 0 Å². The lowest BCUT2D eigenvalue weighted by Crippen LogP contribution is -2.53. The molecule has 0 radical (unpaired) electrons. The van der Waals surface area contributed by atoms with Crippen LogP contribution in [0.2, 0.25) is 0 Å². The third-order valence-electron chi connectivity index (χ3n) is 3.37. The number of morpholine rings is 1. The van der Waals surface area contributed by atoms with Crippen LogP contribution < -0.4 is 5.32 Å². The molecule has 114 valence electrons. The molecule has 1 saturated heterocycles. The van der Waals surface area contributed by atoms with Crippen molar-refractivity contribution >= 4 is 12.0 Å². The standard InChI is InChI=1S/C14H19N3O4/c1-10(12-4-2-3-5-15-12)16-14(20)17-6-7-21-9-11(17)8-13(18)19/h2-5,10-11H,6-9H2,1H3,(H,16,20)(H,18,19). The van der Waals surface area contributed by atoms with Gasteiger partial charge < -0.3 is 20.1 Å². The number of carbonyl (C=O) groups is 2. The molecular formula is C14H19N3O4. The monoisotopic (exact) mass is 293 g/mol. The Labute approximate surface area is 122 Å². The van der Waals surface area contributed by atoms with E-state index in [0.717, 1.165) is 5.69 Å². The zero-order chi connectivity index (χ0) is 15.2. The SMILES string of the molecule is CC(NC(=O)N1CCOCC1CC(=O)O)c1ccccn1. The molecule has 1 fully saturated rings. The average Bonchev–Trinajstić information content (AvgIpc) is 2.48. The summed E-state index contributed by atoms with van der Waals surface area (Å²) in [4.78, 5) is 28.9. The fourth-order valence-electron chi connectivity index (χ4n) is 2.27. The van der Waals surface area contributed by atoms with Gasteiger partial charge in [0, 0.05) is 12.7 Å². The second-order valence-electron chi connectivity index (χ2n) is 4.95. The molecule has 7 nitrogen and oxygen atoms in total. The van der Waals surface area contributed by atoms with Crippen LogP contribution in [0.3, 0.4) is 0 Å². The second kappa shape index (κ2) is 7.03. The number of carbonyl (C=O) groups excluding carboxylic acids is 1. The molecule has 2 N–H and O–H groups in total. The molecule has 7 heteroatoms. The summed E-state index contributed by atoms with van der Waals surface area (Å²) in [6, 6.07) is 4.52. The van der Waals surface area contributed by atoms with Gasteiger partial charge in [-0.3, -0.25) is 9.78 Å². The maximum Gasteiger partial charge on any atom is 0.318 e. The van der Waals surface area contributed by atoms with Crippen molar-refractivity contribution in [2.24, 2.45) is 0 Å². The summed E-state index contributed by atoms with van der Waals surface area (Å²) < 4.78 is 5.26. The molecule has 0 saturated carbocycles. The molecule has 21 heavy (non-hydrogen) atoms. The lowest BCUT2D eigenvalue weighted by Gasteiger charge is -2.35. The van der Waals surface area contributed by atoms with Crippen LogP contribution in [0.5, 0.6) is 0 Å². The predicted molar refractivity (Wildman–Crippen MR) is 74.7 cm³/mol. The van der Waals surface area contributed by atoms with E-state index in [2.05, 4.69) is 10.3 Å². The Kier molecular flexibility index (Phi) is 5.10. The van der Waals surface area contributed by atoms with Crippen LogP contribution in [0.15, 0.2) is 24.4 Å². The van der Waals surface area contributed by atoms with Gasteiger partial charge in [-0.2, -0.15) is 0 Å². The van der Waals surface area contributed by atoms with E-state index in [9.17, 15) is 9.59 Å². The molecule has 2 amide bonds. The third kappa shape index (κ3) is 4.16. The van der Waals surface area contributed by atoms with Crippen LogP contribution >= 0.6 is 0 Å². The fraction of sp³-hybridized carbons (Fsp3) is 0.500. The molecule has 1 aromatic rings. The lowest BCUT2D eigenvalue weighted by atomic mass is 10.1. The van der Waals surface area contributed by atoms with Crippen LogP contribution in [-0.4, -0.2) is 52.8 Å². The number of hydrogen-bond acceptors (Lipinski definition) is 4. The van der Waals surface area contributed by atoms with Gasteiger partial charge in [0.15, 0.2) is 0 Å². The molecule has 0 aliphatic carbocycles. The van der Waals surface area contributed by atoms with Gasteiger partial charge in [0.25, 0.3) is 0 Å². The van der Waals surface area contributed by atoms with E-state index in [1.807, 2.05) is 25.1 Å². The quantitative estimate of drug-likeness (QED) is 0.865. The number of ether oxygens (including phenoxy) is 1. The number of rotatable bonds is 4. The van der Waals surface area contributed by atoms with Crippen molar-refractivity contribution in [3.63, 3.8) is 0 Å². The van der Waals surface area contributed by atoms with Crippen molar-refractivity contribution in [1.29, 1.82) is 0 Å². The van der Waals surface area contributed by atoms with E-state index in [-0.39, 0.29) is 25.1 Å². The molecule has 2 unspecified atom stereocenters. The Morgan fingerprint density at radius 1 is 1.57 bits per heavy atom. The van der Waals surface area contributed by atoms with Crippen LogP contribution in [0.4, 0.5) is 4.79 Å². The first kappa shape index (κ1) is 15.2. The number of amides is 2. The number of urea groups is 1. The molecule has 0 bridgehead atoms. The summed E-state index contributed by atoms with van der Waals surface area (Å²) in [6.45, 7) is 2.89. The highest BCUT2D eigenvalue weighted by Gasteiger charge is 2.29. The Balaban J connectivity index is 1.98. The Bertz CT molecular complexity index is 494. The number of aliphatic carboxylic acids is 1. The van der Waals surface area contributed by atoms with Crippen molar-refractivity contribution < 1.29 is 19.4 Å². The minimum absolute atomic E-state index is 0.120. The second-order valence-corrected chi connectivity index (χ2v) is 4.95.